The van der Waals surface area contributed by atoms with Crippen LogP contribution in [-0.2, 0) is 21.5 Å². The predicted octanol–water partition coefficient (Wildman–Crippen LogP) is 3.96. The topological polar surface area (TPSA) is 99.7 Å². The van der Waals surface area contributed by atoms with E-state index in [4.69, 9.17) is 11.2 Å². The number of benzene rings is 2. The van der Waals surface area contributed by atoms with Crippen LogP contribution in [0.5, 0.6) is 5.75 Å². The number of amides is 2. The van der Waals surface area contributed by atoms with E-state index in [-0.39, 0.29) is 49.1 Å². The van der Waals surface area contributed by atoms with Gasteiger partial charge in [-0.2, -0.15) is 0 Å². The van der Waals surface area contributed by atoms with Gasteiger partial charge in [-0.25, -0.2) is 4.39 Å². The molecular formula is C33H42FN3O4. The molecule has 3 unspecified atom stereocenters. The van der Waals surface area contributed by atoms with Crippen LogP contribution in [0.3, 0.4) is 0 Å². The summed E-state index contributed by atoms with van der Waals surface area (Å²) in [5.41, 5.74) is 2.23. The second-order valence-corrected chi connectivity index (χ2v) is 11.4. The Kier molecular flexibility index (Phi) is 10.8. The number of halogens is 1. The Labute approximate surface area is 242 Å². The molecule has 4 N–H and O–H groups in total. The smallest absolute Gasteiger partial charge is 0.220 e. The lowest BCUT2D eigenvalue weighted by Gasteiger charge is -2.27. The molecule has 2 aromatic carbocycles. The largest absolute Gasteiger partial charge is 0.493 e. The summed E-state index contributed by atoms with van der Waals surface area (Å²) in [4.78, 5) is 25.2. The van der Waals surface area contributed by atoms with Crippen LogP contribution in [0.25, 0.3) is 0 Å². The van der Waals surface area contributed by atoms with Crippen molar-refractivity contribution in [1.82, 2.24) is 16.0 Å². The van der Waals surface area contributed by atoms with E-state index in [1.54, 1.807) is 6.07 Å². The maximum absolute atomic E-state index is 14.6. The van der Waals surface area contributed by atoms with Gasteiger partial charge in [0, 0.05) is 43.1 Å². The predicted molar refractivity (Wildman–Crippen MR) is 157 cm³/mol. The van der Waals surface area contributed by atoms with Gasteiger partial charge >= 0.3 is 0 Å². The van der Waals surface area contributed by atoms with Crippen molar-refractivity contribution < 1.29 is 23.8 Å². The highest BCUT2D eigenvalue weighted by Crippen LogP contribution is 2.45. The summed E-state index contributed by atoms with van der Waals surface area (Å²) in [7, 11) is 0. The molecule has 0 radical (unpaired) electrons. The number of nitrogens with one attached hydrogen (secondary N) is 3. The van der Waals surface area contributed by atoms with Crippen LogP contribution in [0.2, 0.25) is 0 Å². The molecule has 1 aliphatic carbocycles. The summed E-state index contributed by atoms with van der Waals surface area (Å²) < 4.78 is 20.6. The Morgan fingerprint density at radius 1 is 1.20 bits per heavy atom. The molecule has 1 aliphatic heterocycles. The average molecular weight is 564 g/mol. The summed E-state index contributed by atoms with van der Waals surface area (Å²) in [6, 6.07) is 11.7. The van der Waals surface area contributed by atoms with Gasteiger partial charge in [0.25, 0.3) is 0 Å². The van der Waals surface area contributed by atoms with Gasteiger partial charge in [0.05, 0.1) is 18.8 Å². The van der Waals surface area contributed by atoms with E-state index in [2.05, 4.69) is 28.8 Å². The van der Waals surface area contributed by atoms with Crippen molar-refractivity contribution in [2.45, 2.75) is 82.4 Å². The molecule has 41 heavy (non-hydrogen) atoms. The maximum atomic E-state index is 14.6. The second-order valence-electron chi connectivity index (χ2n) is 11.4. The first-order valence-corrected chi connectivity index (χ1v) is 14.8. The monoisotopic (exact) mass is 563 g/mol. The van der Waals surface area contributed by atoms with Crippen LogP contribution in [0.1, 0.15) is 75.0 Å². The molecule has 3 atom stereocenters. The first-order chi connectivity index (χ1) is 19.8. The van der Waals surface area contributed by atoms with Gasteiger partial charge in [0.1, 0.15) is 11.6 Å². The SMILES string of the molecule is C#Cc1cccc(C2(NCC(O)C3Cc4cc(F)cc(c4)OCC(CCC)CCNC(=O)CCCC(=O)N3)CC2)c1. The van der Waals surface area contributed by atoms with Crippen molar-refractivity contribution in [3.8, 4) is 18.1 Å². The number of terminal acetylenes is 1. The van der Waals surface area contributed by atoms with E-state index >= 15 is 0 Å². The minimum absolute atomic E-state index is 0.0866. The third-order valence-corrected chi connectivity index (χ3v) is 8.04. The van der Waals surface area contributed by atoms with E-state index < -0.39 is 18.0 Å². The number of fused-ring (bicyclic) bond motifs is 2. The van der Waals surface area contributed by atoms with Crippen LogP contribution in [0.4, 0.5) is 4.39 Å². The van der Waals surface area contributed by atoms with Crippen molar-refractivity contribution in [2.75, 3.05) is 19.7 Å². The van der Waals surface area contributed by atoms with Crippen molar-refractivity contribution >= 4 is 11.8 Å². The Bertz CT molecular complexity index is 1240. The quantitative estimate of drug-likeness (QED) is 0.383. The van der Waals surface area contributed by atoms with E-state index in [0.717, 1.165) is 43.2 Å². The van der Waals surface area contributed by atoms with Crippen LogP contribution < -0.4 is 20.7 Å². The minimum Gasteiger partial charge on any atom is -0.493 e. The lowest BCUT2D eigenvalue weighted by molar-refractivity contribution is -0.123. The van der Waals surface area contributed by atoms with Gasteiger partial charge in [-0.15, -0.1) is 6.42 Å². The van der Waals surface area contributed by atoms with E-state index in [0.29, 0.717) is 30.9 Å². The molecule has 4 rings (SSSR count). The summed E-state index contributed by atoms with van der Waals surface area (Å²) in [5, 5.41) is 20.7. The highest BCUT2D eigenvalue weighted by Gasteiger charge is 2.44. The van der Waals surface area contributed by atoms with Crippen molar-refractivity contribution in [2.24, 2.45) is 5.92 Å². The van der Waals surface area contributed by atoms with Crippen molar-refractivity contribution in [3.63, 3.8) is 0 Å². The molecule has 7 nitrogen and oxygen atoms in total. The third kappa shape index (κ3) is 9.04. The van der Waals surface area contributed by atoms with Gasteiger partial charge in [0.2, 0.25) is 11.8 Å². The molecule has 1 fully saturated rings. The van der Waals surface area contributed by atoms with Crippen molar-refractivity contribution in [1.29, 1.82) is 0 Å². The van der Waals surface area contributed by atoms with Gasteiger partial charge < -0.3 is 25.8 Å². The first-order valence-electron chi connectivity index (χ1n) is 14.8. The summed E-state index contributed by atoms with van der Waals surface area (Å²) in [6.07, 6.45) is 10.2. The van der Waals surface area contributed by atoms with Crippen LogP contribution in [0.15, 0.2) is 42.5 Å². The Morgan fingerprint density at radius 3 is 2.76 bits per heavy atom. The molecule has 2 aromatic rings. The number of hydrogen-bond donors (Lipinski definition) is 4. The minimum atomic E-state index is -0.945. The van der Waals surface area contributed by atoms with E-state index in [1.165, 1.54) is 12.1 Å². The number of aliphatic hydroxyl groups excluding tert-OH is 1. The number of carbonyl (C=O) groups is 2. The molecule has 2 bridgehead atoms. The van der Waals surface area contributed by atoms with Crippen LogP contribution in [-0.4, -0.2) is 48.8 Å². The molecular weight excluding hydrogens is 521 g/mol. The molecule has 1 saturated carbocycles. The Balaban J connectivity index is 1.50. The summed E-state index contributed by atoms with van der Waals surface area (Å²) in [6.45, 7) is 3.28. The number of rotatable bonds is 7. The zero-order chi connectivity index (χ0) is 29.2. The number of aliphatic hydroxyl groups is 1. The third-order valence-electron chi connectivity index (χ3n) is 8.04. The molecule has 2 aliphatic rings. The van der Waals surface area contributed by atoms with E-state index in [9.17, 15) is 19.1 Å². The number of carbonyl (C=O) groups excluding carboxylic acids is 2. The fourth-order valence-electron chi connectivity index (χ4n) is 5.53. The fraction of sp³-hybridized carbons (Fsp3) is 0.515. The molecule has 8 heteroatoms. The zero-order valence-corrected chi connectivity index (χ0v) is 23.9. The average Bonchev–Trinajstić information content (AvgIpc) is 3.75. The molecule has 0 aromatic heterocycles. The summed E-state index contributed by atoms with van der Waals surface area (Å²) in [5.74, 6) is 2.53. The molecule has 2 amide bonds. The molecule has 1 heterocycles. The molecule has 0 spiro atoms. The lowest BCUT2D eigenvalue weighted by Crippen LogP contribution is -2.50. The second kappa shape index (κ2) is 14.5. The highest BCUT2D eigenvalue weighted by atomic mass is 19.1. The Hall–Kier alpha value is -3.41. The highest BCUT2D eigenvalue weighted by molar-refractivity contribution is 5.79. The maximum Gasteiger partial charge on any atom is 0.220 e. The summed E-state index contributed by atoms with van der Waals surface area (Å²) >= 11 is 0. The number of hydrogen-bond acceptors (Lipinski definition) is 5. The van der Waals surface area contributed by atoms with Gasteiger partial charge in [0.15, 0.2) is 0 Å². The fourth-order valence-corrected chi connectivity index (χ4v) is 5.53. The van der Waals surface area contributed by atoms with Crippen LogP contribution >= 0.6 is 0 Å². The van der Waals surface area contributed by atoms with Crippen molar-refractivity contribution in [3.05, 3.63) is 65.0 Å². The van der Waals surface area contributed by atoms with E-state index in [1.807, 2.05) is 24.3 Å². The van der Waals surface area contributed by atoms with Gasteiger partial charge in [-0.3, -0.25) is 9.59 Å². The normalized spacial score (nSPS) is 22.3. The molecule has 0 saturated heterocycles. The van der Waals surface area contributed by atoms with Gasteiger partial charge in [-0.1, -0.05) is 31.4 Å². The van der Waals surface area contributed by atoms with Gasteiger partial charge in [-0.05, 0) is 79.8 Å². The first kappa shape index (κ1) is 30.5. The number of ether oxygens (including phenoxy) is 1. The zero-order valence-electron chi connectivity index (χ0n) is 23.9. The Morgan fingerprint density at radius 2 is 2.00 bits per heavy atom. The lowest BCUT2D eigenvalue weighted by atomic mass is 9.98. The standard InChI is InChI=1S/C33H42FN3O4/c1-3-7-24-12-15-35-31(39)10-6-11-32(40)37-29(19-25-17-27(34)20-28(18-25)41-22-24)30(38)21-36-33(13-14-33)26-9-5-8-23(4-2)16-26/h2,5,8-9,16-18,20,24,29-30,36,38H,3,6-7,10-15,19,21-22H2,1H3,(H,35,39)(H,37,40). The van der Waals surface area contributed by atoms with Crippen LogP contribution in [0, 0.1) is 24.1 Å². The molecule has 220 valence electrons.